The molecule has 9 nitrogen and oxygen atoms in total. The number of nitrogens with one attached hydrogen (secondary N) is 3. The lowest BCUT2D eigenvalue weighted by Gasteiger charge is -2.31. The van der Waals surface area contributed by atoms with Crippen LogP contribution < -0.4 is 10.6 Å². The molecule has 1 aliphatic carbocycles. The van der Waals surface area contributed by atoms with Gasteiger partial charge in [-0.05, 0) is 63.9 Å². The van der Waals surface area contributed by atoms with E-state index >= 15 is 0 Å². The summed E-state index contributed by atoms with van der Waals surface area (Å²) in [5.74, 6) is 0.328. The number of carboxylic acid groups (broad SMARTS) is 1. The standard InChI is InChI=1S/C23H28N6O3/c1-23(2,28-22(31)32)21(30)26-16-10-5-9-15-20(16)27-18(25-15)13-29(3)17-11-4-7-14-8-6-12-24-19(14)17/h5-6,8-10,12,17,28H,4,7,11,13H2,1-3H3,(H,25,27)(H,26,30)(H,31,32). The van der Waals surface area contributed by atoms with Crippen LogP contribution >= 0.6 is 0 Å². The van der Waals surface area contributed by atoms with E-state index in [4.69, 9.17) is 10.1 Å². The van der Waals surface area contributed by atoms with Crippen molar-refractivity contribution >= 4 is 28.7 Å². The minimum Gasteiger partial charge on any atom is -0.465 e. The summed E-state index contributed by atoms with van der Waals surface area (Å²) in [4.78, 5) is 38.6. The van der Waals surface area contributed by atoms with Gasteiger partial charge in [0.2, 0.25) is 5.91 Å². The number of imidazole rings is 1. The first-order chi connectivity index (χ1) is 15.2. The smallest absolute Gasteiger partial charge is 0.405 e. The molecule has 2 heterocycles. The van der Waals surface area contributed by atoms with Gasteiger partial charge in [0.05, 0.1) is 29.5 Å². The van der Waals surface area contributed by atoms with Crippen LogP contribution in [-0.2, 0) is 17.8 Å². The van der Waals surface area contributed by atoms with Gasteiger partial charge in [-0.1, -0.05) is 12.1 Å². The molecule has 2 aromatic heterocycles. The zero-order chi connectivity index (χ0) is 22.9. The molecular weight excluding hydrogens is 408 g/mol. The summed E-state index contributed by atoms with van der Waals surface area (Å²) in [6, 6.07) is 9.85. The minimum absolute atomic E-state index is 0.232. The second-order valence-corrected chi connectivity index (χ2v) is 8.77. The maximum absolute atomic E-state index is 12.6. The van der Waals surface area contributed by atoms with Crippen molar-refractivity contribution in [3.8, 4) is 0 Å². The summed E-state index contributed by atoms with van der Waals surface area (Å²) in [6.07, 6.45) is 3.83. The number of nitrogens with zero attached hydrogens (tertiary/aromatic N) is 3. The number of hydrogen-bond acceptors (Lipinski definition) is 5. The lowest BCUT2D eigenvalue weighted by Crippen LogP contribution is -2.51. The Balaban J connectivity index is 1.54. The summed E-state index contributed by atoms with van der Waals surface area (Å²) >= 11 is 0. The van der Waals surface area contributed by atoms with Crippen LogP contribution in [0.15, 0.2) is 36.5 Å². The van der Waals surface area contributed by atoms with E-state index in [1.807, 2.05) is 24.4 Å². The minimum atomic E-state index is -1.28. The van der Waals surface area contributed by atoms with E-state index in [2.05, 4.69) is 38.6 Å². The summed E-state index contributed by atoms with van der Waals surface area (Å²) in [5.41, 5.74) is 3.13. The summed E-state index contributed by atoms with van der Waals surface area (Å²) in [6.45, 7) is 3.63. The Labute approximate surface area is 186 Å². The molecule has 3 aromatic rings. The number of pyridine rings is 1. The molecule has 168 valence electrons. The van der Waals surface area contributed by atoms with Crippen molar-refractivity contribution in [2.24, 2.45) is 0 Å². The fourth-order valence-electron chi connectivity index (χ4n) is 4.22. The van der Waals surface area contributed by atoms with Crippen molar-refractivity contribution in [2.75, 3.05) is 12.4 Å². The van der Waals surface area contributed by atoms with Crippen molar-refractivity contribution in [2.45, 2.75) is 51.2 Å². The van der Waals surface area contributed by atoms with Gasteiger partial charge in [0.15, 0.2) is 0 Å². The average Bonchev–Trinajstić information content (AvgIpc) is 3.15. The van der Waals surface area contributed by atoms with Gasteiger partial charge in [0.25, 0.3) is 0 Å². The van der Waals surface area contributed by atoms with E-state index in [1.165, 1.54) is 19.4 Å². The Morgan fingerprint density at radius 3 is 2.88 bits per heavy atom. The number of aromatic nitrogens is 3. The molecule has 0 aliphatic heterocycles. The highest BCUT2D eigenvalue weighted by Crippen LogP contribution is 2.33. The van der Waals surface area contributed by atoms with Crippen LogP contribution in [0.4, 0.5) is 10.5 Å². The van der Waals surface area contributed by atoms with Crippen LogP contribution in [0.3, 0.4) is 0 Å². The summed E-state index contributed by atoms with van der Waals surface area (Å²) in [7, 11) is 2.07. The van der Waals surface area contributed by atoms with E-state index < -0.39 is 17.5 Å². The Hall–Kier alpha value is -3.46. The molecule has 4 rings (SSSR count). The van der Waals surface area contributed by atoms with Crippen LogP contribution in [-0.4, -0.2) is 49.5 Å². The van der Waals surface area contributed by atoms with Crippen molar-refractivity contribution in [3.63, 3.8) is 0 Å². The third-order valence-corrected chi connectivity index (χ3v) is 5.89. The molecule has 9 heteroatoms. The van der Waals surface area contributed by atoms with E-state index in [-0.39, 0.29) is 6.04 Å². The molecule has 0 spiro atoms. The van der Waals surface area contributed by atoms with E-state index in [0.717, 1.165) is 36.3 Å². The van der Waals surface area contributed by atoms with Gasteiger partial charge < -0.3 is 20.7 Å². The fourth-order valence-corrected chi connectivity index (χ4v) is 4.22. The maximum atomic E-state index is 12.6. The van der Waals surface area contributed by atoms with Gasteiger partial charge in [0, 0.05) is 6.20 Å². The summed E-state index contributed by atoms with van der Waals surface area (Å²) in [5, 5.41) is 14.0. The number of para-hydroxylation sites is 1. The number of anilines is 1. The van der Waals surface area contributed by atoms with E-state index in [0.29, 0.717) is 17.7 Å². The Morgan fingerprint density at radius 1 is 1.28 bits per heavy atom. The molecule has 1 unspecified atom stereocenters. The second-order valence-electron chi connectivity index (χ2n) is 8.77. The number of carbonyl (C=O) groups is 2. The normalized spacial score (nSPS) is 16.1. The number of aryl methyl sites for hydroxylation is 1. The Morgan fingerprint density at radius 2 is 2.09 bits per heavy atom. The van der Waals surface area contributed by atoms with E-state index in [1.54, 1.807) is 6.07 Å². The van der Waals surface area contributed by atoms with Crippen LogP contribution in [0.1, 0.15) is 49.8 Å². The quantitative estimate of drug-likeness (QED) is 0.469. The molecule has 32 heavy (non-hydrogen) atoms. The largest absolute Gasteiger partial charge is 0.465 e. The van der Waals surface area contributed by atoms with Crippen molar-refractivity contribution < 1.29 is 14.7 Å². The van der Waals surface area contributed by atoms with Gasteiger partial charge in [-0.15, -0.1) is 0 Å². The SMILES string of the molecule is CN(Cc1nc2c(NC(=O)C(C)(C)NC(=O)O)cccc2[nH]1)C1CCCc2cccnc21. The molecule has 1 atom stereocenters. The molecule has 0 bridgehead atoms. The van der Waals surface area contributed by atoms with Crippen LogP contribution in [0, 0.1) is 0 Å². The second kappa shape index (κ2) is 8.58. The monoisotopic (exact) mass is 436 g/mol. The number of aromatic amines is 1. The zero-order valence-corrected chi connectivity index (χ0v) is 18.5. The molecule has 0 radical (unpaired) electrons. The van der Waals surface area contributed by atoms with Gasteiger partial charge in [-0.25, -0.2) is 9.78 Å². The third-order valence-electron chi connectivity index (χ3n) is 5.89. The number of hydrogen-bond donors (Lipinski definition) is 4. The average molecular weight is 437 g/mol. The maximum Gasteiger partial charge on any atom is 0.405 e. The first-order valence-electron chi connectivity index (χ1n) is 10.7. The molecule has 0 saturated heterocycles. The van der Waals surface area contributed by atoms with Gasteiger partial charge in [0.1, 0.15) is 16.9 Å². The Kier molecular flexibility index (Phi) is 5.84. The number of H-pyrrole nitrogens is 1. The highest BCUT2D eigenvalue weighted by atomic mass is 16.4. The third kappa shape index (κ3) is 4.43. The highest BCUT2D eigenvalue weighted by molar-refractivity contribution is 6.04. The predicted octanol–water partition coefficient (Wildman–Crippen LogP) is 3.45. The molecule has 0 saturated carbocycles. The van der Waals surface area contributed by atoms with Crippen LogP contribution in [0.2, 0.25) is 0 Å². The first-order valence-corrected chi connectivity index (χ1v) is 10.7. The van der Waals surface area contributed by atoms with Crippen LogP contribution in [0.25, 0.3) is 11.0 Å². The lowest BCUT2D eigenvalue weighted by atomic mass is 9.91. The summed E-state index contributed by atoms with van der Waals surface area (Å²) < 4.78 is 0. The molecule has 1 aliphatic rings. The lowest BCUT2D eigenvalue weighted by molar-refractivity contribution is -0.121. The number of rotatable bonds is 6. The predicted molar refractivity (Wildman–Crippen MR) is 121 cm³/mol. The number of fused-ring (bicyclic) bond motifs is 2. The molecule has 1 aromatic carbocycles. The highest BCUT2D eigenvalue weighted by Gasteiger charge is 2.30. The van der Waals surface area contributed by atoms with Crippen LogP contribution in [0.5, 0.6) is 0 Å². The van der Waals surface area contributed by atoms with Crippen molar-refractivity contribution in [1.82, 2.24) is 25.2 Å². The number of benzene rings is 1. The molecule has 4 N–H and O–H groups in total. The first kappa shape index (κ1) is 21.8. The van der Waals surface area contributed by atoms with Crippen molar-refractivity contribution in [1.29, 1.82) is 0 Å². The molecule has 0 fully saturated rings. The van der Waals surface area contributed by atoms with Gasteiger partial charge >= 0.3 is 6.09 Å². The number of amides is 2. The van der Waals surface area contributed by atoms with Gasteiger partial charge in [-0.3, -0.25) is 14.7 Å². The zero-order valence-electron chi connectivity index (χ0n) is 18.5. The van der Waals surface area contributed by atoms with Gasteiger partial charge in [-0.2, -0.15) is 0 Å². The molecule has 2 amide bonds. The fraction of sp³-hybridized carbons (Fsp3) is 0.391. The molecular formula is C23H28N6O3. The van der Waals surface area contributed by atoms with Crippen molar-refractivity contribution in [3.05, 3.63) is 53.6 Å². The Bertz CT molecular complexity index is 1160. The number of carbonyl (C=O) groups excluding carboxylic acids is 1. The topological polar surface area (TPSA) is 123 Å². The van der Waals surface area contributed by atoms with E-state index in [9.17, 15) is 9.59 Å².